The van der Waals surface area contributed by atoms with Gasteiger partial charge >= 0.3 is 0 Å². The lowest BCUT2D eigenvalue weighted by molar-refractivity contribution is -0.145. The Balaban J connectivity index is 2.00. The van der Waals surface area contributed by atoms with Gasteiger partial charge in [0, 0.05) is 51.2 Å². The monoisotopic (exact) mass is 445 g/mol. The minimum atomic E-state index is -1.28. The molecule has 0 bridgehead atoms. The van der Waals surface area contributed by atoms with Crippen LogP contribution in [0.1, 0.15) is 32.3 Å². The van der Waals surface area contributed by atoms with Crippen molar-refractivity contribution in [2.45, 2.75) is 38.1 Å². The lowest BCUT2D eigenvalue weighted by Gasteiger charge is -2.43. The number of nitrogens with zero attached hydrogens (tertiary/aromatic N) is 3. The molecule has 3 amide bonds. The van der Waals surface area contributed by atoms with Crippen LogP contribution in [0.4, 0.5) is 0 Å². The van der Waals surface area contributed by atoms with Gasteiger partial charge in [0.25, 0.3) is 0 Å². The standard InChI is InChI=1S/C24H35N3O5/c1-17(2)19-16-25(3)10-11-26(19)21(28)14-24(18-8-6-7-9-20(18)32-5)15-22(29)27(23(24)30)12-13-31-4/h6-9,17,19H,10-16H2,1-5H3/t19-,24+/m1/s1. The van der Waals surface area contributed by atoms with Crippen LogP contribution < -0.4 is 4.74 Å². The SMILES string of the molecule is COCCN1C(=O)C[C@@](CC(=O)N2CCN(C)C[C@@H]2C(C)C)(c2ccccc2OC)C1=O. The molecule has 8 heteroatoms. The van der Waals surface area contributed by atoms with Crippen LogP contribution in [-0.4, -0.2) is 92.5 Å². The van der Waals surface area contributed by atoms with Crippen LogP contribution >= 0.6 is 0 Å². The maximum atomic E-state index is 13.7. The average molecular weight is 446 g/mol. The first kappa shape index (κ1) is 24.2. The predicted molar refractivity (Wildman–Crippen MR) is 120 cm³/mol. The number of ether oxygens (including phenoxy) is 2. The molecule has 3 rings (SSSR count). The molecule has 1 aromatic rings. The van der Waals surface area contributed by atoms with Gasteiger partial charge in [-0.2, -0.15) is 0 Å². The largest absolute Gasteiger partial charge is 0.496 e. The molecule has 0 saturated carbocycles. The molecule has 0 aliphatic carbocycles. The Morgan fingerprint density at radius 3 is 2.56 bits per heavy atom. The van der Waals surface area contributed by atoms with Gasteiger partial charge < -0.3 is 19.3 Å². The molecule has 2 aliphatic heterocycles. The summed E-state index contributed by atoms with van der Waals surface area (Å²) in [6.07, 6.45) is -0.115. The van der Waals surface area contributed by atoms with Crippen molar-refractivity contribution in [1.29, 1.82) is 0 Å². The van der Waals surface area contributed by atoms with Crippen LogP contribution in [0.15, 0.2) is 24.3 Å². The maximum absolute atomic E-state index is 13.7. The summed E-state index contributed by atoms with van der Waals surface area (Å²) in [6.45, 7) is 6.81. The highest BCUT2D eigenvalue weighted by molar-refractivity contribution is 6.11. The molecule has 0 spiro atoms. The number of hydrogen-bond acceptors (Lipinski definition) is 6. The third-order valence-electron chi connectivity index (χ3n) is 6.71. The van der Waals surface area contributed by atoms with Crippen LogP contribution in [0.5, 0.6) is 5.75 Å². The molecule has 32 heavy (non-hydrogen) atoms. The van der Waals surface area contributed by atoms with Crippen molar-refractivity contribution in [2.24, 2.45) is 5.92 Å². The Labute approximate surface area is 190 Å². The molecular weight excluding hydrogens is 410 g/mol. The van der Waals surface area contributed by atoms with E-state index in [2.05, 4.69) is 25.8 Å². The molecule has 8 nitrogen and oxygen atoms in total. The molecule has 176 valence electrons. The fraction of sp³-hybridized carbons (Fsp3) is 0.625. The minimum absolute atomic E-state index is 0.0538. The number of carbonyl (C=O) groups is 3. The van der Waals surface area contributed by atoms with Crippen molar-refractivity contribution in [3.05, 3.63) is 29.8 Å². The summed E-state index contributed by atoms with van der Waals surface area (Å²) in [5.41, 5.74) is -0.691. The number of hydrogen-bond donors (Lipinski definition) is 0. The van der Waals surface area contributed by atoms with Crippen molar-refractivity contribution < 1.29 is 23.9 Å². The molecule has 2 saturated heterocycles. The van der Waals surface area contributed by atoms with Gasteiger partial charge in [-0.1, -0.05) is 32.0 Å². The Morgan fingerprint density at radius 1 is 1.19 bits per heavy atom. The smallest absolute Gasteiger partial charge is 0.241 e. The molecule has 1 aromatic carbocycles. The van der Waals surface area contributed by atoms with Crippen molar-refractivity contribution in [1.82, 2.24) is 14.7 Å². The first-order valence-corrected chi connectivity index (χ1v) is 11.2. The number of rotatable bonds is 8. The van der Waals surface area contributed by atoms with Crippen LogP contribution in [0.3, 0.4) is 0 Å². The zero-order valence-electron chi connectivity index (χ0n) is 19.8. The molecule has 0 radical (unpaired) electrons. The molecule has 0 N–H and O–H groups in total. The first-order valence-electron chi connectivity index (χ1n) is 11.2. The van der Waals surface area contributed by atoms with Crippen molar-refractivity contribution >= 4 is 17.7 Å². The normalized spacial score (nSPS) is 24.5. The molecule has 2 aliphatic rings. The van der Waals surface area contributed by atoms with E-state index >= 15 is 0 Å². The summed E-state index contributed by atoms with van der Waals surface area (Å²) in [7, 11) is 5.12. The number of imide groups is 1. The third-order valence-corrected chi connectivity index (χ3v) is 6.71. The van der Waals surface area contributed by atoms with E-state index in [4.69, 9.17) is 9.47 Å². The van der Waals surface area contributed by atoms with E-state index in [0.29, 0.717) is 17.9 Å². The Kier molecular flexibility index (Phi) is 7.56. The molecular formula is C24H35N3O5. The van der Waals surface area contributed by atoms with Gasteiger partial charge in [-0.05, 0) is 19.0 Å². The summed E-state index contributed by atoms with van der Waals surface area (Å²) >= 11 is 0. The van der Waals surface area contributed by atoms with Gasteiger partial charge in [-0.3, -0.25) is 19.3 Å². The Morgan fingerprint density at radius 2 is 1.91 bits per heavy atom. The topological polar surface area (TPSA) is 79.4 Å². The quantitative estimate of drug-likeness (QED) is 0.565. The second-order valence-corrected chi connectivity index (χ2v) is 9.14. The molecule has 2 atom stereocenters. The van der Waals surface area contributed by atoms with Gasteiger partial charge in [-0.25, -0.2) is 0 Å². The Bertz CT molecular complexity index is 858. The number of piperazine rings is 1. The van der Waals surface area contributed by atoms with Gasteiger partial charge in [-0.15, -0.1) is 0 Å². The van der Waals surface area contributed by atoms with Crippen LogP contribution in [0, 0.1) is 5.92 Å². The van der Waals surface area contributed by atoms with E-state index in [0.717, 1.165) is 13.1 Å². The summed E-state index contributed by atoms with van der Waals surface area (Å²) < 4.78 is 10.6. The number of amides is 3. The van der Waals surface area contributed by atoms with E-state index in [1.165, 1.54) is 19.1 Å². The van der Waals surface area contributed by atoms with E-state index < -0.39 is 5.41 Å². The lowest BCUT2D eigenvalue weighted by atomic mass is 9.75. The second-order valence-electron chi connectivity index (χ2n) is 9.14. The minimum Gasteiger partial charge on any atom is -0.496 e. The number of likely N-dealkylation sites (tertiary alicyclic amines) is 1. The molecule has 0 aromatic heterocycles. The van der Waals surface area contributed by atoms with Gasteiger partial charge in [0.2, 0.25) is 17.7 Å². The van der Waals surface area contributed by atoms with E-state index in [-0.39, 0.29) is 55.7 Å². The maximum Gasteiger partial charge on any atom is 0.241 e. The summed E-state index contributed by atoms with van der Waals surface area (Å²) in [5, 5.41) is 0. The molecule has 2 heterocycles. The highest BCUT2D eigenvalue weighted by Gasteiger charge is 2.55. The number of benzene rings is 1. The average Bonchev–Trinajstić information content (AvgIpc) is 3.01. The first-order chi connectivity index (χ1) is 15.2. The Hall–Kier alpha value is -2.45. The van der Waals surface area contributed by atoms with Crippen molar-refractivity contribution in [3.63, 3.8) is 0 Å². The zero-order valence-corrected chi connectivity index (χ0v) is 19.8. The second kappa shape index (κ2) is 10.0. The number of carbonyl (C=O) groups excluding carboxylic acids is 3. The fourth-order valence-corrected chi connectivity index (χ4v) is 4.89. The fourth-order valence-electron chi connectivity index (χ4n) is 4.89. The van der Waals surface area contributed by atoms with E-state index in [1.54, 1.807) is 12.1 Å². The number of likely N-dealkylation sites (N-methyl/N-ethyl adjacent to an activating group) is 1. The summed E-state index contributed by atoms with van der Waals surface area (Å²) in [6, 6.07) is 7.25. The summed E-state index contributed by atoms with van der Waals surface area (Å²) in [4.78, 5) is 45.7. The van der Waals surface area contributed by atoms with Crippen molar-refractivity contribution in [2.75, 3.05) is 54.1 Å². The highest BCUT2D eigenvalue weighted by atomic mass is 16.5. The third kappa shape index (κ3) is 4.52. The molecule has 2 fully saturated rings. The predicted octanol–water partition coefficient (Wildman–Crippen LogP) is 1.53. The highest BCUT2D eigenvalue weighted by Crippen LogP contribution is 2.44. The van der Waals surface area contributed by atoms with Gasteiger partial charge in [0.1, 0.15) is 5.75 Å². The molecule has 0 unspecified atom stereocenters. The lowest BCUT2D eigenvalue weighted by Crippen LogP contribution is -2.57. The van der Waals surface area contributed by atoms with Gasteiger partial charge in [0.15, 0.2) is 0 Å². The van der Waals surface area contributed by atoms with Crippen LogP contribution in [0.25, 0.3) is 0 Å². The number of methoxy groups -OCH3 is 2. The summed E-state index contributed by atoms with van der Waals surface area (Å²) in [5.74, 6) is 0.0477. The van der Waals surface area contributed by atoms with Crippen molar-refractivity contribution in [3.8, 4) is 5.75 Å². The van der Waals surface area contributed by atoms with E-state index in [9.17, 15) is 14.4 Å². The number of para-hydroxylation sites is 1. The van der Waals surface area contributed by atoms with E-state index in [1.807, 2.05) is 17.0 Å². The van der Waals surface area contributed by atoms with Gasteiger partial charge in [0.05, 0.1) is 25.7 Å². The zero-order chi connectivity index (χ0) is 23.5. The van der Waals surface area contributed by atoms with Crippen LogP contribution in [0.2, 0.25) is 0 Å². The van der Waals surface area contributed by atoms with Crippen LogP contribution in [-0.2, 0) is 24.5 Å².